The van der Waals surface area contributed by atoms with Crippen molar-refractivity contribution in [2.24, 2.45) is 0 Å². The number of carbonyl (C=O) groups is 2. The van der Waals surface area contributed by atoms with E-state index in [0.29, 0.717) is 18.5 Å². The predicted molar refractivity (Wildman–Crippen MR) is 217 cm³/mol. The molecule has 1 aliphatic carbocycles. The van der Waals surface area contributed by atoms with Gasteiger partial charge in [0.2, 0.25) is 5.95 Å². The Balaban J connectivity index is 0.00000172. The number of rotatable bonds is 11. The van der Waals surface area contributed by atoms with Gasteiger partial charge in [-0.15, -0.1) is 10.2 Å². The van der Waals surface area contributed by atoms with Crippen molar-refractivity contribution in [1.29, 1.82) is 0 Å². The van der Waals surface area contributed by atoms with Gasteiger partial charge < -0.3 is 24.8 Å². The van der Waals surface area contributed by atoms with Gasteiger partial charge in [0.15, 0.2) is 5.65 Å². The maximum atomic E-state index is 13.8. The van der Waals surface area contributed by atoms with E-state index in [0.717, 1.165) is 90.7 Å². The molecule has 3 N–H and O–H groups in total. The number of anilines is 2. The van der Waals surface area contributed by atoms with Crippen molar-refractivity contribution in [2.45, 2.75) is 89.9 Å². The third-order valence-electron chi connectivity index (χ3n) is 10.4. The summed E-state index contributed by atoms with van der Waals surface area (Å²) in [6, 6.07) is 22.4. The fourth-order valence-corrected chi connectivity index (χ4v) is 7.48. The molecule has 3 aromatic heterocycles. The molecule has 3 atom stereocenters. The van der Waals surface area contributed by atoms with Gasteiger partial charge in [0.05, 0.1) is 30.2 Å². The lowest BCUT2D eigenvalue weighted by atomic mass is 9.85. The van der Waals surface area contributed by atoms with E-state index in [4.69, 9.17) is 24.5 Å². The molecule has 1 aliphatic heterocycles. The second-order valence-corrected chi connectivity index (χ2v) is 15.7. The van der Waals surface area contributed by atoms with Crippen LogP contribution in [0.3, 0.4) is 0 Å². The van der Waals surface area contributed by atoms with Crippen molar-refractivity contribution in [3.05, 3.63) is 95.3 Å². The molecule has 0 radical (unpaired) electrons. The van der Waals surface area contributed by atoms with Crippen LogP contribution in [0.2, 0.25) is 0 Å². The molecule has 0 saturated carbocycles. The number of fused-ring (bicyclic) bond motifs is 2. The topological polar surface area (TPSA) is 151 Å². The summed E-state index contributed by atoms with van der Waals surface area (Å²) in [6.45, 7) is 11.6. The molecule has 4 heterocycles. The molecular weight excluding hydrogens is 711 g/mol. The van der Waals surface area contributed by atoms with Crippen LogP contribution in [0.5, 0.6) is 5.75 Å². The number of ether oxygens (including phenoxy) is 2. The Kier molecular flexibility index (Phi) is 12.9. The Morgan fingerprint density at radius 2 is 1.80 bits per heavy atom. The molecule has 0 bridgehead atoms. The molecule has 0 spiro atoms. The van der Waals surface area contributed by atoms with Gasteiger partial charge in [-0.05, 0) is 87.0 Å². The van der Waals surface area contributed by atoms with E-state index < -0.39 is 0 Å². The highest BCUT2D eigenvalue weighted by Gasteiger charge is 2.31. The highest BCUT2D eigenvalue weighted by Crippen LogP contribution is 2.39. The molecule has 1 saturated heterocycles. The summed E-state index contributed by atoms with van der Waals surface area (Å²) >= 11 is 0. The summed E-state index contributed by atoms with van der Waals surface area (Å²) in [6.07, 6.45) is 6.88. The van der Waals surface area contributed by atoms with E-state index >= 15 is 0 Å². The molecule has 2 aromatic carbocycles. The van der Waals surface area contributed by atoms with Crippen LogP contribution >= 0.6 is 0 Å². The number of amides is 2. The highest BCUT2D eigenvalue weighted by molar-refractivity contribution is 5.89. The molecule has 2 aliphatic rings. The van der Waals surface area contributed by atoms with Crippen molar-refractivity contribution in [3.63, 3.8) is 0 Å². The number of hydrogen-bond donors (Lipinski definition) is 3. The number of carboxylic acid groups (broad SMARTS) is 1. The van der Waals surface area contributed by atoms with Crippen molar-refractivity contribution < 1.29 is 24.2 Å². The third-order valence-corrected chi connectivity index (χ3v) is 10.4. The quantitative estimate of drug-likeness (QED) is 0.118. The van der Waals surface area contributed by atoms with Crippen molar-refractivity contribution in [3.8, 4) is 11.4 Å². The summed E-state index contributed by atoms with van der Waals surface area (Å²) < 4.78 is 15.8. The van der Waals surface area contributed by atoms with Gasteiger partial charge in [-0.3, -0.25) is 19.4 Å². The molecule has 1 unspecified atom stereocenters. The maximum absolute atomic E-state index is 13.8. The standard InChI is InChI=1S/C41H53N9O3.CH2O2/c1-28-12-9-10-21-48(28)40-45-44-37-20-17-31(27-49(37)40)53-35-19-18-34(32-15-7-8-16-33(32)35)42-39(51)43-38-25-36(41(2,3)4)46-50(38)30-14-11-13-29(24-30)26-47(5)22-23-52-6;2-1-3/h7-8,11,13-17,20,24-25,27-28,34-35H,9-10,12,18-19,21-23,26H2,1-6H3,(H2,42,43,51);1H,(H,2,3)/t28?,34-,35+;/m0./s1. The number of methoxy groups -OCH3 is 1. The zero-order valence-electron chi connectivity index (χ0n) is 33.3. The number of likely N-dealkylation sites (N-methyl/N-ethyl adjacent to an activating group) is 1. The highest BCUT2D eigenvalue weighted by atomic mass is 16.5. The number of pyridine rings is 1. The Hall–Kier alpha value is -5.47. The molecule has 5 aromatic rings. The molecule has 7 rings (SSSR count). The minimum absolute atomic E-state index is 0.157. The molecule has 14 heteroatoms. The van der Waals surface area contributed by atoms with Crippen LogP contribution in [0.25, 0.3) is 11.3 Å². The summed E-state index contributed by atoms with van der Waals surface area (Å²) in [4.78, 5) is 26.7. The number of aromatic nitrogens is 5. The van der Waals surface area contributed by atoms with Crippen LogP contribution in [-0.2, 0) is 21.5 Å². The lowest BCUT2D eigenvalue weighted by molar-refractivity contribution is -0.122. The zero-order valence-corrected chi connectivity index (χ0v) is 33.3. The fourth-order valence-electron chi connectivity index (χ4n) is 7.48. The number of piperidine rings is 1. The number of benzene rings is 2. The first-order valence-corrected chi connectivity index (χ1v) is 19.4. The van der Waals surface area contributed by atoms with Gasteiger partial charge in [0, 0.05) is 44.3 Å². The average molecular weight is 766 g/mol. The van der Waals surface area contributed by atoms with Crippen molar-refractivity contribution in [1.82, 2.24) is 34.6 Å². The van der Waals surface area contributed by atoms with Crippen LogP contribution < -0.4 is 20.3 Å². The van der Waals surface area contributed by atoms with E-state index in [-0.39, 0.29) is 30.1 Å². The molecular formula is C42H55N9O5. The summed E-state index contributed by atoms with van der Waals surface area (Å²) in [7, 11) is 3.80. The molecule has 14 nitrogen and oxygen atoms in total. The molecule has 1 fully saturated rings. The van der Waals surface area contributed by atoms with Crippen LogP contribution in [0.15, 0.2) is 72.9 Å². The first kappa shape index (κ1) is 40.2. The van der Waals surface area contributed by atoms with E-state index in [9.17, 15) is 4.79 Å². The van der Waals surface area contributed by atoms with Crippen LogP contribution in [0, 0.1) is 0 Å². The van der Waals surface area contributed by atoms with Crippen LogP contribution in [0.1, 0.15) is 94.3 Å². The second kappa shape index (κ2) is 18.0. The van der Waals surface area contributed by atoms with E-state index in [1.54, 1.807) is 7.11 Å². The number of carbonyl (C=O) groups excluding carboxylic acids is 1. The monoisotopic (exact) mass is 765 g/mol. The van der Waals surface area contributed by atoms with E-state index in [1.807, 2.05) is 57.7 Å². The van der Waals surface area contributed by atoms with Gasteiger partial charge >= 0.3 is 6.03 Å². The predicted octanol–water partition coefficient (Wildman–Crippen LogP) is 7.15. The smallest absolute Gasteiger partial charge is 0.320 e. The molecule has 56 heavy (non-hydrogen) atoms. The normalized spacial score (nSPS) is 18.2. The Morgan fingerprint density at radius 1 is 1.02 bits per heavy atom. The average Bonchev–Trinajstić information content (AvgIpc) is 3.80. The number of hydrogen-bond acceptors (Lipinski definition) is 9. The van der Waals surface area contributed by atoms with Crippen molar-refractivity contribution in [2.75, 3.05) is 44.1 Å². The maximum Gasteiger partial charge on any atom is 0.320 e. The Labute approximate surface area is 328 Å². The lowest BCUT2D eigenvalue weighted by Gasteiger charge is -2.33. The van der Waals surface area contributed by atoms with Crippen LogP contribution in [-0.4, -0.2) is 86.8 Å². The third kappa shape index (κ3) is 9.48. The Morgan fingerprint density at radius 3 is 2.55 bits per heavy atom. The summed E-state index contributed by atoms with van der Waals surface area (Å²) in [5.41, 5.74) is 5.66. The minimum atomic E-state index is -0.279. The SMILES string of the molecule is COCCN(C)Cc1cccc(-n2nc(C(C)(C)C)cc2NC(=O)N[C@H]2CC[C@@H](Oc3ccc4nnc(N5CCCCC5C)n4c3)c3ccccc32)c1.O=CO. The first-order valence-electron chi connectivity index (χ1n) is 19.4. The Bertz CT molecular complexity index is 2090. The molecule has 298 valence electrons. The van der Waals surface area contributed by atoms with Crippen LogP contribution in [0.4, 0.5) is 16.6 Å². The fraction of sp³-hybridized carbons (Fsp3) is 0.452. The number of nitrogens with zero attached hydrogens (tertiary/aromatic N) is 7. The van der Waals surface area contributed by atoms with Gasteiger partial charge in [-0.2, -0.15) is 5.10 Å². The zero-order chi connectivity index (χ0) is 39.8. The van der Waals surface area contributed by atoms with Gasteiger partial charge in [-0.1, -0.05) is 57.2 Å². The van der Waals surface area contributed by atoms with Gasteiger partial charge in [0.25, 0.3) is 6.47 Å². The lowest BCUT2D eigenvalue weighted by Crippen LogP contribution is -2.38. The van der Waals surface area contributed by atoms with Gasteiger partial charge in [-0.25, -0.2) is 9.48 Å². The minimum Gasteiger partial charge on any atom is -0.484 e. The van der Waals surface area contributed by atoms with Gasteiger partial charge in [0.1, 0.15) is 17.7 Å². The first-order chi connectivity index (χ1) is 27.0. The second-order valence-electron chi connectivity index (χ2n) is 15.7. The van der Waals surface area contributed by atoms with E-state index in [1.165, 1.54) is 6.42 Å². The number of urea groups is 1. The largest absolute Gasteiger partial charge is 0.484 e. The summed E-state index contributed by atoms with van der Waals surface area (Å²) in [5.74, 6) is 2.25. The number of nitrogens with one attached hydrogen (secondary N) is 2. The van der Waals surface area contributed by atoms with Crippen molar-refractivity contribution >= 4 is 29.9 Å². The molecule has 2 amide bonds. The van der Waals surface area contributed by atoms with E-state index in [2.05, 4.69) is 89.6 Å². The summed E-state index contributed by atoms with van der Waals surface area (Å²) in [5, 5.41) is 27.3.